The van der Waals surface area contributed by atoms with Crippen molar-refractivity contribution in [2.75, 3.05) is 12.4 Å². The maximum Gasteiger partial charge on any atom is 0.228 e. The number of nitrogens with zero attached hydrogens (tertiary/aromatic N) is 1. The third kappa shape index (κ3) is 5.86. The first kappa shape index (κ1) is 24.6. The summed E-state index contributed by atoms with van der Waals surface area (Å²) in [5.41, 5.74) is 3.50. The molecule has 0 aromatic heterocycles. The van der Waals surface area contributed by atoms with E-state index in [4.69, 9.17) is 19.0 Å². The topological polar surface area (TPSA) is 49.3 Å². The molecule has 2 aromatic rings. The number of hydrogen-bond donors (Lipinski definition) is 0. The Morgan fingerprint density at radius 2 is 1.69 bits per heavy atom. The van der Waals surface area contributed by atoms with Crippen LogP contribution in [0, 0.1) is 0 Å². The molecule has 1 aliphatic heterocycles. The van der Waals surface area contributed by atoms with E-state index in [0.717, 1.165) is 54.9 Å². The number of alkyl halides is 1. The molecule has 0 unspecified atom stereocenters. The average molecular weight is 543 g/mol. The Labute approximate surface area is 217 Å². The van der Waals surface area contributed by atoms with Crippen LogP contribution in [0.5, 0.6) is 11.5 Å². The Kier molecular flexibility index (Phi) is 8.30. The molecular weight excluding hydrogens is 506 g/mol. The predicted molar refractivity (Wildman–Crippen MR) is 142 cm³/mol. The zero-order chi connectivity index (χ0) is 24.0. The molecule has 0 radical (unpaired) electrons. The molecule has 2 fully saturated rings. The summed E-state index contributed by atoms with van der Waals surface area (Å²) in [6.07, 6.45) is 10.1. The van der Waals surface area contributed by atoms with Gasteiger partial charge in [-0.15, -0.1) is 0 Å². The highest BCUT2D eigenvalue weighted by atomic mass is 79.9. The van der Waals surface area contributed by atoms with Crippen LogP contribution >= 0.6 is 15.9 Å². The van der Waals surface area contributed by atoms with E-state index in [1.165, 1.54) is 31.2 Å². The van der Waals surface area contributed by atoms with Crippen LogP contribution in [-0.2, 0) is 9.57 Å². The maximum atomic E-state index is 6.63. The van der Waals surface area contributed by atoms with Gasteiger partial charge in [-0.25, -0.2) is 0 Å². The summed E-state index contributed by atoms with van der Waals surface area (Å²) in [6, 6.07) is 17.0. The van der Waals surface area contributed by atoms with Crippen molar-refractivity contribution in [1.29, 1.82) is 0 Å². The molecule has 188 valence electrons. The van der Waals surface area contributed by atoms with Gasteiger partial charge >= 0.3 is 0 Å². The van der Waals surface area contributed by atoms with E-state index in [0.29, 0.717) is 11.2 Å². The second kappa shape index (κ2) is 11.8. The molecule has 5 rings (SSSR count). The molecule has 35 heavy (non-hydrogen) atoms. The molecule has 5 nitrogen and oxygen atoms in total. The SMILES string of the molecule is COc1ccc([C@@H]2C[C@@H](O[C@H]3CCCC[C@@H]3c3ccccc3)ON=C2CBr)cc1OC1CCCC1. The highest BCUT2D eigenvalue weighted by Crippen LogP contribution is 2.40. The van der Waals surface area contributed by atoms with Crippen LogP contribution in [0.25, 0.3) is 0 Å². The van der Waals surface area contributed by atoms with Crippen LogP contribution in [0.15, 0.2) is 53.7 Å². The Bertz CT molecular complexity index is 991. The van der Waals surface area contributed by atoms with Gasteiger partial charge in [0.1, 0.15) is 0 Å². The van der Waals surface area contributed by atoms with Crippen LogP contribution in [-0.4, -0.2) is 36.6 Å². The maximum absolute atomic E-state index is 6.63. The zero-order valence-corrected chi connectivity index (χ0v) is 22.1. The van der Waals surface area contributed by atoms with Crippen molar-refractivity contribution in [1.82, 2.24) is 0 Å². The highest BCUT2D eigenvalue weighted by molar-refractivity contribution is 9.09. The van der Waals surface area contributed by atoms with E-state index in [2.05, 4.69) is 63.6 Å². The molecule has 1 heterocycles. The molecule has 0 saturated heterocycles. The summed E-state index contributed by atoms with van der Waals surface area (Å²) in [5.74, 6) is 2.11. The fourth-order valence-electron chi connectivity index (χ4n) is 5.81. The lowest BCUT2D eigenvalue weighted by atomic mass is 9.81. The first-order valence-electron chi connectivity index (χ1n) is 13.1. The normalized spacial score (nSPS) is 27.2. The van der Waals surface area contributed by atoms with Gasteiger partial charge < -0.3 is 19.0 Å². The summed E-state index contributed by atoms with van der Waals surface area (Å²) in [6.45, 7) is 0. The number of hydrogen-bond acceptors (Lipinski definition) is 5. The fraction of sp³-hybridized carbons (Fsp3) is 0.552. The predicted octanol–water partition coefficient (Wildman–Crippen LogP) is 7.34. The van der Waals surface area contributed by atoms with Crippen molar-refractivity contribution in [2.45, 2.75) is 88.1 Å². The number of halogens is 1. The van der Waals surface area contributed by atoms with Gasteiger partial charge in [-0.2, -0.15) is 0 Å². The van der Waals surface area contributed by atoms with Crippen LogP contribution in [0.3, 0.4) is 0 Å². The zero-order valence-electron chi connectivity index (χ0n) is 20.5. The summed E-state index contributed by atoms with van der Waals surface area (Å²) < 4.78 is 18.6. The molecule has 0 N–H and O–H groups in total. The number of oxime groups is 1. The summed E-state index contributed by atoms with van der Waals surface area (Å²) >= 11 is 3.62. The summed E-state index contributed by atoms with van der Waals surface area (Å²) in [5, 5.41) is 5.16. The van der Waals surface area contributed by atoms with E-state index in [1.807, 2.05) is 6.07 Å². The molecule has 2 saturated carbocycles. The Balaban J connectivity index is 1.33. The van der Waals surface area contributed by atoms with E-state index < -0.39 is 0 Å². The van der Waals surface area contributed by atoms with Gasteiger partial charge in [0, 0.05) is 23.6 Å². The smallest absolute Gasteiger partial charge is 0.228 e. The van der Waals surface area contributed by atoms with E-state index in [-0.39, 0.29) is 24.4 Å². The first-order valence-corrected chi connectivity index (χ1v) is 14.2. The van der Waals surface area contributed by atoms with Crippen LogP contribution in [0.2, 0.25) is 0 Å². The highest BCUT2D eigenvalue weighted by Gasteiger charge is 2.35. The van der Waals surface area contributed by atoms with Crippen molar-refractivity contribution in [2.24, 2.45) is 5.16 Å². The van der Waals surface area contributed by atoms with Crippen LogP contribution < -0.4 is 9.47 Å². The van der Waals surface area contributed by atoms with Crippen molar-refractivity contribution in [3.8, 4) is 11.5 Å². The van der Waals surface area contributed by atoms with Crippen molar-refractivity contribution in [3.63, 3.8) is 0 Å². The second-order valence-electron chi connectivity index (χ2n) is 9.95. The first-order chi connectivity index (χ1) is 17.2. The molecular formula is C29H36BrNO4. The minimum Gasteiger partial charge on any atom is -0.493 e. The van der Waals surface area contributed by atoms with Gasteiger partial charge in [0.05, 0.1) is 25.0 Å². The molecule has 3 aliphatic rings. The quantitative estimate of drug-likeness (QED) is 0.328. The average Bonchev–Trinajstić information content (AvgIpc) is 3.42. The van der Waals surface area contributed by atoms with Gasteiger partial charge in [0.25, 0.3) is 0 Å². The van der Waals surface area contributed by atoms with Crippen LogP contribution in [0.4, 0.5) is 0 Å². The number of rotatable bonds is 8. The molecule has 0 amide bonds. The Morgan fingerprint density at radius 1 is 0.914 bits per heavy atom. The lowest BCUT2D eigenvalue weighted by molar-refractivity contribution is -0.189. The lowest BCUT2D eigenvalue weighted by Gasteiger charge is -2.36. The second-order valence-corrected chi connectivity index (χ2v) is 10.5. The van der Waals surface area contributed by atoms with E-state index in [9.17, 15) is 0 Å². The Morgan fingerprint density at radius 3 is 2.46 bits per heavy atom. The van der Waals surface area contributed by atoms with Crippen LogP contribution in [0.1, 0.15) is 80.8 Å². The van der Waals surface area contributed by atoms with E-state index >= 15 is 0 Å². The Hall–Kier alpha value is -2.05. The summed E-state index contributed by atoms with van der Waals surface area (Å²) in [7, 11) is 1.70. The standard InChI is InChI=1S/C29H36BrNO4/c1-32-27-16-15-21(17-28(27)33-22-11-5-6-12-22)24-18-29(35-31-25(24)19-30)34-26-14-8-7-13-23(26)20-9-3-2-4-10-20/h2-4,9-10,15-17,22-24,26,29H,5-8,11-14,18-19H2,1H3/t23-,24+,26+,29+/m1/s1. The number of benzene rings is 2. The number of ether oxygens (including phenoxy) is 3. The molecule has 0 bridgehead atoms. The molecule has 2 aliphatic carbocycles. The van der Waals surface area contributed by atoms with Gasteiger partial charge in [-0.1, -0.05) is 70.3 Å². The molecule has 4 atom stereocenters. The van der Waals surface area contributed by atoms with E-state index in [1.54, 1.807) is 7.11 Å². The number of methoxy groups -OCH3 is 1. The van der Waals surface area contributed by atoms with Crippen molar-refractivity contribution >= 4 is 21.6 Å². The van der Waals surface area contributed by atoms with Gasteiger partial charge in [0.2, 0.25) is 6.29 Å². The molecule has 2 aromatic carbocycles. The third-order valence-corrected chi connectivity index (χ3v) is 8.27. The monoisotopic (exact) mass is 541 g/mol. The third-order valence-electron chi connectivity index (χ3n) is 7.70. The van der Waals surface area contributed by atoms with Crippen molar-refractivity contribution < 1.29 is 19.0 Å². The molecule has 0 spiro atoms. The van der Waals surface area contributed by atoms with Gasteiger partial charge in [-0.3, -0.25) is 0 Å². The minimum absolute atomic E-state index is 0.101. The fourth-order valence-corrected chi connectivity index (χ4v) is 6.31. The van der Waals surface area contributed by atoms with Gasteiger partial charge in [-0.05, 0) is 61.8 Å². The summed E-state index contributed by atoms with van der Waals surface area (Å²) in [4.78, 5) is 5.88. The van der Waals surface area contributed by atoms with Crippen molar-refractivity contribution in [3.05, 3.63) is 59.7 Å². The largest absolute Gasteiger partial charge is 0.493 e. The van der Waals surface area contributed by atoms with Gasteiger partial charge in [0.15, 0.2) is 11.5 Å². The minimum atomic E-state index is -0.363. The lowest BCUT2D eigenvalue weighted by Crippen LogP contribution is -2.35. The molecule has 6 heteroatoms.